The van der Waals surface area contributed by atoms with E-state index in [0.29, 0.717) is 17.9 Å². The van der Waals surface area contributed by atoms with Gasteiger partial charge < -0.3 is 9.36 Å². The van der Waals surface area contributed by atoms with Crippen molar-refractivity contribution in [3.05, 3.63) is 72.0 Å². The number of aromatic nitrogens is 1. The van der Waals surface area contributed by atoms with Crippen LogP contribution >= 0.6 is 0 Å². The molecule has 7 heteroatoms. The predicted molar refractivity (Wildman–Crippen MR) is 93.9 cm³/mol. The van der Waals surface area contributed by atoms with Crippen molar-refractivity contribution in [1.82, 2.24) is 5.16 Å². The standard InChI is InChI=1S/C18H16N2O4S/c1-25(21,22)17-9-7-15(8-10-17)18-16(13-24-20-18)11-19-23-12-14-5-3-2-4-6-14/h2-11,13H,12H2,1H3/b19-11+. The van der Waals surface area contributed by atoms with Gasteiger partial charge >= 0.3 is 0 Å². The molecule has 1 heterocycles. The van der Waals surface area contributed by atoms with Gasteiger partial charge in [0.05, 0.1) is 16.7 Å². The fourth-order valence-corrected chi connectivity index (χ4v) is 2.83. The quantitative estimate of drug-likeness (QED) is 0.500. The summed E-state index contributed by atoms with van der Waals surface area (Å²) in [4.78, 5) is 5.52. The summed E-state index contributed by atoms with van der Waals surface area (Å²) in [5, 5.41) is 7.88. The summed E-state index contributed by atoms with van der Waals surface area (Å²) < 4.78 is 28.0. The van der Waals surface area contributed by atoms with Crippen LogP contribution in [0, 0.1) is 0 Å². The van der Waals surface area contributed by atoms with Crippen LogP contribution in [0.5, 0.6) is 0 Å². The minimum Gasteiger partial charge on any atom is -0.391 e. The highest BCUT2D eigenvalue weighted by Crippen LogP contribution is 2.22. The fraction of sp³-hybridized carbons (Fsp3) is 0.111. The zero-order valence-corrected chi connectivity index (χ0v) is 14.3. The molecule has 0 radical (unpaired) electrons. The van der Waals surface area contributed by atoms with Gasteiger partial charge in [-0.2, -0.15) is 0 Å². The molecule has 0 aliphatic heterocycles. The number of hydrogen-bond donors (Lipinski definition) is 0. The second-order valence-corrected chi connectivity index (χ2v) is 7.42. The Morgan fingerprint density at radius 2 is 1.84 bits per heavy atom. The van der Waals surface area contributed by atoms with Gasteiger partial charge in [0.15, 0.2) is 9.84 Å². The van der Waals surface area contributed by atoms with Gasteiger partial charge in [-0.15, -0.1) is 0 Å². The lowest BCUT2D eigenvalue weighted by Gasteiger charge is -2.01. The number of hydrogen-bond acceptors (Lipinski definition) is 6. The monoisotopic (exact) mass is 356 g/mol. The summed E-state index contributed by atoms with van der Waals surface area (Å²) in [6, 6.07) is 16.1. The summed E-state index contributed by atoms with van der Waals surface area (Å²) in [6.07, 6.45) is 4.13. The minimum atomic E-state index is -3.23. The Kier molecular flexibility index (Phi) is 4.95. The lowest BCUT2D eigenvalue weighted by molar-refractivity contribution is 0.132. The third kappa shape index (κ3) is 4.33. The molecule has 0 amide bonds. The summed E-state index contributed by atoms with van der Waals surface area (Å²) in [5.41, 5.74) is 2.94. The van der Waals surface area contributed by atoms with Crippen LogP contribution in [-0.2, 0) is 21.3 Å². The van der Waals surface area contributed by atoms with Crippen LogP contribution in [-0.4, -0.2) is 26.0 Å². The van der Waals surface area contributed by atoms with Crippen LogP contribution in [0.4, 0.5) is 0 Å². The zero-order valence-electron chi connectivity index (χ0n) is 13.5. The second kappa shape index (κ2) is 7.31. The minimum absolute atomic E-state index is 0.251. The third-order valence-electron chi connectivity index (χ3n) is 3.49. The number of sulfone groups is 1. The predicted octanol–water partition coefficient (Wildman–Crippen LogP) is 3.30. The van der Waals surface area contributed by atoms with E-state index in [-0.39, 0.29) is 4.90 Å². The Bertz CT molecular complexity index is 962. The first kappa shape index (κ1) is 16.9. The van der Waals surface area contributed by atoms with E-state index >= 15 is 0 Å². The van der Waals surface area contributed by atoms with Gasteiger partial charge in [0.2, 0.25) is 0 Å². The molecule has 0 saturated heterocycles. The van der Waals surface area contributed by atoms with E-state index in [1.807, 2.05) is 30.3 Å². The average molecular weight is 356 g/mol. The number of nitrogens with zero attached hydrogens (tertiary/aromatic N) is 2. The molecular weight excluding hydrogens is 340 g/mol. The van der Waals surface area contributed by atoms with Crippen LogP contribution in [0.15, 0.2) is 75.4 Å². The number of benzene rings is 2. The normalized spacial score (nSPS) is 11.7. The van der Waals surface area contributed by atoms with E-state index in [2.05, 4.69) is 10.3 Å². The summed E-state index contributed by atoms with van der Waals surface area (Å²) in [5.74, 6) is 0. The highest BCUT2D eigenvalue weighted by molar-refractivity contribution is 7.90. The van der Waals surface area contributed by atoms with Crippen molar-refractivity contribution >= 4 is 16.1 Å². The summed E-state index contributed by atoms with van der Waals surface area (Å²) in [7, 11) is -3.23. The largest absolute Gasteiger partial charge is 0.391 e. The molecular formula is C18H16N2O4S. The SMILES string of the molecule is CS(=O)(=O)c1ccc(-c2nocc2/C=N/OCc2ccccc2)cc1. The van der Waals surface area contributed by atoms with Crippen molar-refractivity contribution in [3.8, 4) is 11.3 Å². The van der Waals surface area contributed by atoms with E-state index in [0.717, 1.165) is 11.1 Å². The highest BCUT2D eigenvalue weighted by Gasteiger charge is 2.11. The maximum absolute atomic E-state index is 11.5. The van der Waals surface area contributed by atoms with Crippen LogP contribution in [0.1, 0.15) is 11.1 Å². The van der Waals surface area contributed by atoms with Crippen LogP contribution < -0.4 is 0 Å². The molecule has 6 nitrogen and oxygen atoms in total. The summed E-state index contributed by atoms with van der Waals surface area (Å²) in [6.45, 7) is 0.362. The van der Waals surface area contributed by atoms with Crippen molar-refractivity contribution in [1.29, 1.82) is 0 Å². The van der Waals surface area contributed by atoms with Crippen molar-refractivity contribution in [2.24, 2.45) is 5.16 Å². The molecule has 0 unspecified atom stereocenters. The van der Waals surface area contributed by atoms with Crippen molar-refractivity contribution in [2.45, 2.75) is 11.5 Å². The van der Waals surface area contributed by atoms with Crippen LogP contribution in [0.25, 0.3) is 11.3 Å². The first-order valence-electron chi connectivity index (χ1n) is 7.48. The molecule has 1 aromatic heterocycles. The lowest BCUT2D eigenvalue weighted by atomic mass is 10.1. The molecule has 3 rings (SSSR count). The van der Waals surface area contributed by atoms with Crippen molar-refractivity contribution in [2.75, 3.05) is 6.26 Å². The lowest BCUT2D eigenvalue weighted by Crippen LogP contribution is -1.96. The van der Waals surface area contributed by atoms with Gasteiger partial charge in [0.1, 0.15) is 18.6 Å². The van der Waals surface area contributed by atoms with Gasteiger partial charge in [-0.05, 0) is 17.7 Å². The van der Waals surface area contributed by atoms with E-state index in [1.54, 1.807) is 12.1 Å². The van der Waals surface area contributed by atoms with Gasteiger partial charge in [-0.1, -0.05) is 52.8 Å². The number of rotatable bonds is 6. The van der Waals surface area contributed by atoms with Gasteiger partial charge in [0.25, 0.3) is 0 Å². The molecule has 0 spiro atoms. The first-order valence-corrected chi connectivity index (χ1v) is 9.37. The van der Waals surface area contributed by atoms with E-state index < -0.39 is 9.84 Å². The second-order valence-electron chi connectivity index (χ2n) is 5.41. The number of oxime groups is 1. The Labute approximate surface area is 145 Å². The Balaban J connectivity index is 1.71. The topological polar surface area (TPSA) is 81.8 Å². The Morgan fingerprint density at radius 1 is 1.12 bits per heavy atom. The maximum Gasteiger partial charge on any atom is 0.175 e. The Hall–Kier alpha value is -2.93. The highest BCUT2D eigenvalue weighted by atomic mass is 32.2. The molecule has 128 valence electrons. The molecule has 0 fully saturated rings. The van der Waals surface area contributed by atoms with E-state index in [4.69, 9.17) is 9.36 Å². The molecule has 0 aliphatic carbocycles. The molecule has 0 bridgehead atoms. The Morgan fingerprint density at radius 3 is 2.52 bits per heavy atom. The molecule has 3 aromatic rings. The molecule has 0 saturated carbocycles. The first-order chi connectivity index (χ1) is 12.0. The third-order valence-corrected chi connectivity index (χ3v) is 4.62. The zero-order chi connectivity index (χ0) is 17.7. The van der Waals surface area contributed by atoms with Crippen molar-refractivity contribution in [3.63, 3.8) is 0 Å². The van der Waals surface area contributed by atoms with Crippen LogP contribution in [0.2, 0.25) is 0 Å². The molecule has 2 aromatic carbocycles. The van der Waals surface area contributed by atoms with Gasteiger partial charge in [-0.25, -0.2) is 8.42 Å². The smallest absolute Gasteiger partial charge is 0.175 e. The van der Waals surface area contributed by atoms with Gasteiger partial charge in [0, 0.05) is 11.8 Å². The van der Waals surface area contributed by atoms with E-state index in [9.17, 15) is 8.42 Å². The van der Waals surface area contributed by atoms with E-state index in [1.165, 1.54) is 30.9 Å². The van der Waals surface area contributed by atoms with Crippen molar-refractivity contribution < 1.29 is 17.8 Å². The molecule has 0 aliphatic rings. The van der Waals surface area contributed by atoms with Crippen LogP contribution in [0.3, 0.4) is 0 Å². The average Bonchev–Trinajstić information content (AvgIpc) is 3.07. The fourth-order valence-electron chi connectivity index (χ4n) is 2.20. The molecule has 0 atom stereocenters. The molecule has 25 heavy (non-hydrogen) atoms. The maximum atomic E-state index is 11.5. The van der Waals surface area contributed by atoms with Gasteiger partial charge in [-0.3, -0.25) is 0 Å². The molecule has 0 N–H and O–H groups in total. The summed E-state index contributed by atoms with van der Waals surface area (Å²) >= 11 is 0.